The molecule has 0 unspecified atom stereocenters. The van der Waals surface area contributed by atoms with E-state index < -0.39 is 22.2 Å². The molecule has 2 aromatic rings. The predicted molar refractivity (Wildman–Crippen MR) is 170 cm³/mol. The Hall–Kier alpha value is -3.77. The number of nitrogens with zero attached hydrogens (tertiary/aromatic N) is 3. The van der Waals surface area contributed by atoms with Gasteiger partial charge in [-0.3, -0.25) is 24.5 Å². The fourth-order valence-corrected chi connectivity index (χ4v) is 8.03. The average Bonchev–Trinajstić information content (AvgIpc) is 2.95. The second-order valence-electron chi connectivity index (χ2n) is 14.6. The molecule has 0 saturated carbocycles. The number of piperidine rings is 1. The van der Waals surface area contributed by atoms with Gasteiger partial charge in [-0.25, -0.2) is 0 Å². The van der Waals surface area contributed by atoms with Gasteiger partial charge >= 0.3 is 5.97 Å². The number of hydrogen-bond donors (Lipinski definition) is 1. The van der Waals surface area contributed by atoms with E-state index >= 15 is 0 Å². The monoisotopic (exact) mass is 636 g/mol. The largest absolute Gasteiger partial charge is 0.460 e. The van der Waals surface area contributed by atoms with Gasteiger partial charge in [-0.05, 0) is 77.5 Å². The number of ether oxygens (including phenoxy) is 3. The number of nitro groups is 1. The first-order valence-corrected chi connectivity index (χ1v) is 16.3. The van der Waals surface area contributed by atoms with E-state index in [0.717, 1.165) is 23.4 Å². The minimum Gasteiger partial charge on any atom is -0.460 e. The van der Waals surface area contributed by atoms with Crippen molar-refractivity contribution in [2.24, 2.45) is 11.8 Å². The zero-order chi connectivity index (χ0) is 33.0. The van der Waals surface area contributed by atoms with Crippen LogP contribution in [0.15, 0.2) is 41.2 Å². The van der Waals surface area contributed by atoms with Crippen LogP contribution >= 0.6 is 0 Å². The minimum absolute atomic E-state index is 0.00526. The molecule has 6 rings (SSSR count). The van der Waals surface area contributed by atoms with E-state index in [2.05, 4.69) is 10.2 Å². The third-order valence-electron chi connectivity index (χ3n) is 9.54. The SMILES string of the molecule is CC(C)(C)OC(=O)C[C@H]1C[C@@H](CCNC(=O)[C@@H]2Cc3cc([N+](=O)[O-])ccc3N3C[C@H]4C[C@@H](Cn5c4cccc5=O)[C@@H]23)OC(C)(C)O1. The summed E-state index contributed by atoms with van der Waals surface area (Å²) >= 11 is 0. The molecule has 1 aromatic carbocycles. The van der Waals surface area contributed by atoms with Crippen LogP contribution in [0.1, 0.15) is 77.5 Å². The molecule has 5 heterocycles. The van der Waals surface area contributed by atoms with Crippen molar-refractivity contribution in [2.75, 3.05) is 18.0 Å². The molecule has 1 amide bonds. The average molecular weight is 637 g/mol. The van der Waals surface area contributed by atoms with Gasteiger partial charge < -0.3 is 29.0 Å². The maximum absolute atomic E-state index is 14.0. The van der Waals surface area contributed by atoms with Crippen molar-refractivity contribution < 1.29 is 28.7 Å². The number of carbonyl (C=O) groups is 2. The van der Waals surface area contributed by atoms with Crippen molar-refractivity contribution in [3.05, 3.63) is 68.1 Å². The molecule has 0 radical (unpaired) electrons. The van der Waals surface area contributed by atoms with Gasteiger partial charge in [0, 0.05) is 67.6 Å². The van der Waals surface area contributed by atoms with Crippen molar-refractivity contribution >= 4 is 23.3 Å². The van der Waals surface area contributed by atoms with Crippen LogP contribution in [0.5, 0.6) is 0 Å². The van der Waals surface area contributed by atoms with Crippen LogP contribution in [0.25, 0.3) is 0 Å². The van der Waals surface area contributed by atoms with Crippen LogP contribution in [-0.2, 0) is 36.8 Å². The lowest BCUT2D eigenvalue weighted by atomic mass is 9.70. The molecule has 1 N–H and O–H groups in total. The molecule has 4 aliphatic heterocycles. The summed E-state index contributed by atoms with van der Waals surface area (Å²) < 4.78 is 19.5. The molecular weight excluding hydrogens is 592 g/mol. The Morgan fingerprint density at radius 1 is 1.11 bits per heavy atom. The summed E-state index contributed by atoms with van der Waals surface area (Å²) in [6.07, 6.45) is 1.79. The van der Waals surface area contributed by atoms with Crippen LogP contribution in [0.4, 0.5) is 11.4 Å². The highest BCUT2D eigenvalue weighted by Gasteiger charge is 2.49. The number of non-ortho nitro benzene ring substituents is 1. The minimum atomic E-state index is -0.893. The number of aromatic nitrogens is 1. The Balaban J connectivity index is 1.18. The van der Waals surface area contributed by atoms with Gasteiger partial charge in [-0.1, -0.05) is 6.07 Å². The third-order valence-corrected chi connectivity index (χ3v) is 9.54. The Labute approximate surface area is 268 Å². The van der Waals surface area contributed by atoms with E-state index in [4.69, 9.17) is 14.2 Å². The predicted octanol–water partition coefficient (Wildman–Crippen LogP) is 4.07. The molecule has 4 aliphatic rings. The van der Waals surface area contributed by atoms with Gasteiger partial charge in [-0.2, -0.15) is 0 Å². The number of esters is 1. The Morgan fingerprint density at radius 3 is 2.61 bits per heavy atom. The fourth-order valence-electron chi connectivity index (χ4n) is 8.03. The number of pyridine rings is 1. The van der Waals surface area contributed by atoms with Crippen LogP contribution < -0.4 is 15.8 Å². The van der Waals surface area contributed by atoms with E-state index in [0.29, 0.717) is 38.9 Å². The Morgan fingerprint density at radius 2 is 1.87 bits per heavy atom. The molecule has 248 valence electrons. The molecule has 12 nitrogen and oxygen atoms in total. The first kappa shape index (κ1) is 32.2. The highest BCUT2D eigenvalue weighted by atomic mass is 16.7. The van der Waals surface area contributed by atoms with E-state index in [1.54, 1.807) is 18.2 Å². The molecule has 0 aliphatic carbocycles. The number of fused-ring (bicyclic) bond motifs is 8. The first-order valence-electron chi connectivity index (χ1n) is 16.3. The molecule has 2 saturated heterocycles. The smallest absolute Gasteiger partial charge is 0.308 e. The van der Waals surface area contributed by atoms with E-state index in [1.165, 1.54) is 6.07 Å². The second kappa shape index (κ2) is 12.1. The normalized spacial score (nSPS) is 27.9. The third kappa shape index (κ3) is 6.69. The maximum atomic E-state index is 14.0. The lowest BCUT2D eigenvalue weighted by molar-refractivity contribution is -0.384. The number of carbonyl (C=O) groups excluding carboxylic acids is 2. The summed E-state index contributed by atoms with van der Waals surface area (Å²) in [6, 6.07) is 10.2. The number of rotatable bonds is 7. The van der Waals surface area contributed by atoms with Gasteiger partial charge in [0.1, 0.15) is 5.60 Å². The van der Waals surface area contributed by atoms with Gasteiger partial charge in [0.2, 0.25) is 5.91 Å². The highest BCUT2D eigenvalue weighted by Crippen LogP contribution is 2.47. The molecule has 46 heavy (non-hydrogen) atoms. The fraction of sp³-hybridized carbons (Fsp3) is 0.618. The lowest BCUT2D eigenvalue weighted by Gasteiger charge is -2.54. The topological polar surface area (TPSA) is 142 Å². The quantitative estimate of drug-likeness (QED) is 0.270. The summed E-state index contributed by atoms with van der Waals surface area (Å²) in [5, 5.41) is 14.8. The van der Waals surface area contributed by atoms with E-state index in [1.807, 2.05) is 51.3 Å². The molecule has 2 bridgehead atoms. The summed E-state index contributed by atoms with van der Waals surface area (Å²) in [4.78, 5) is 52.8. The molecule has 2 fully saturated rings. The number of amides is 1. The molecule has 6 atom stereocenters. The second-order valence-corrected chi connectivity index (χ2v) is 14.6. The van der Waals surface area contributed by atoms with Gasteiger partial charge in [-0.15, -0.1) is 0 Å². The van der Waals surface area contributed by atoms with Crippen LogP contribution in [0.3, 0.4) is 0 Å². The molecule has 0 spiro atoms. The highest BCUT2D eigenvalue weighted by molar-refractivity contribution is 5.82. The zero-order valence-electron chi connectivity index (χ0n) is 27.2. The van der Waals surface area contributed by atoms with Crippen LogP contribution in [-0.4, -0.2) is 64.1 Å². The number of nitrogens with one attached hydrogen (secondary N) is 1. The summed E-state index contributed by atoms with van der Waals surface area (Å²) in [7, 11) is 0. The van der Waals surface area contributed by atoms with E-state index in [-0.39, 0.29) is 59.6 Å². The van der Waals surface area contributed by atoms with E-state index in [9.17, 15) is 24.5 Å². The van der Waals surface area contributed by atoms with Crippen molar-refractivity contribution in [3.8, 4) is 0 Å². The number of anilines is 1. The lowest BCUT2D eigenvalue weighted by Crippen LogP contribution is -2.61. The maximum Gasteiger partial charge on any atom is 0.308 e. The first-order chi connectivity index (χ1) is 21.7. The van der Waals surface area contributed by atoms with Crippen LogP contribution in [0.2, 0.25) is 0 Å². The number of benzene rings is 1. The van der Waals surface area contributed by atoms with Gasteiger partial charge in [0.25, 0.3) is 11.2 Å². The summed E-state index contributed by atoms with van der Waals surface area (Å²) in [5.41, 5.74) is 2.10. The zero-order valence-corrected chi connectivity index (χ0v) is 27.2. The molecular formula is C34H44N4O8. The van der Waals surface area contributed by atoms with Crippen molar-refractivity contribution in [1.82, 2.24) is 9.88 Å². The van der Waals surface area contributed by atoms with Crippen molar-refractivity contribution in [1.29, 1.82) is 0 Å². The molecule has 12 heteroatoms. The summed E-state index contributed by atoms with van der Waals surface area (Å²) in [5.74, 6) is -1.60. The Bertz CT molecular complexity index is 1580. The standard InChI is InChI=1S/C34H44N4O8/c1-33(2,3)46-30(40)17-25-16-24(44-34(4,5)45-25)11-12-35-32(41)26-15-20-14-23(38(42)43)9-10-28(20)37-18-21-13-22(31(26)37)19-36-27(21)7-6-8-29(36)39/h6-10,14,21-22,24-26,31H,11-13,15-19H2,1-5H3,(H,35,41)/t21-,22+,24-,25-,26-,31+/m1/s1. The van der Waals surface area contributed by atoms with Crippen molar-refractivity contribution in [2.45, 2.75) is 109 Å². The van der Waals surface area contributed by atoms with Crippen LogP contribution in [0, 0.1) is 22.0 Å². The Kier molecular flexibility index (Phi) is 8.47. The number of hydrogen-bond acceptors (Lipinski definition) is 9. The summed E-state index contributed by atoms with van der Waals surface area (Å²) in [6.45, 7) is 10.6. The number of nitro benzene ring substituents is 1. The van der Waals surface area contributed by atoms with Gasteiger partial charge in [0.15, 0.2) is 5.79 Å². The van der Waals surface area contributed by atoms with Crippen molar-refractivity contribution in [3.63, 3.8) is 0 Å². The molecule has 1 aromatic heterocycles. The van der Waals surface area contributed by atoms with Gasteiger partial charge in [0.05, 0.1) is 29.5 Å².